The molecular formula is C21H24N4O2. The van der Waals surface area contributed by atoms with E-state index >= 15 is 0 Å². The maximum absolute atomic E-state index is 13.2. The molecular weight excluding hydrogens is 340 g/mol. The fourth-order valence-electron chi connectivity index (χ4n) is 4.32. The number of likely N-dealkylation sites (tertiary alicyclic amines) is 2. The van der Waals surface area contributed by atoms with Crippen LogP contribution in [0.25, 0.3) is 0 Å². The normalized spacial score (nSPS) is 24.8. The Labute approximate surface area is 159 Å². The van der Waals surface area contributed by atoms with Crippen molar-refractivity contribution in [1.29, 1.82) is 0 Å². The first-order valence-electron chi connectivity index (χ1n) is 9.40. The lowest BCUT2D eigenvalue weighted by molar-refractivity contribution is -0.137. The van der Waals surface area contributed by atoms with Gasteiger partial charge in [0.05, 0.1) is 11.0 Å². The molecule has 2 fully saturated rings. The molecule has 0 radical (unpaired) electrons. The second-order valence-electron chi connectivity index (χ2n) is 7.77. The van der Waals surface area contributed by atoms with Crippen molar-refractivity contribution in [2.24, 2.45) is 11.3 Å². The third-order valence-corrected chi connectivity index (χ3v) is 5.99. The van der Waals surface area contributed by atoms with Crippen molar-refractivity contribution in [2.75, 3.05) is 19.6 Å². The number of aryl methyl sites for hydroxylation is 1. The number of carbonyl (C=O) groups is 2. The van der Waals surface area contributed by atoms with Crippen LogP contribution >= 0.6 is 0 Å². The van der Waals surface area contributed by atoms with Crippen LogP contribution < -0.4 is 0 Å². The fraction of sp³-hybridized carbons (Fsp3) is 0.429. The molecule has 2 aliphatic rings. The molecule has 2 aliphatic heterocycles. The van der Waals surface area contributed by atoms with Crippen molar-refractivity contribution in [3.05, 3.63) is 59.7 Å². The van der Waals surface area contributed by atoms with E-state index in [-0.39, 0.29) is 17.7 Å². The minimum atomic E-state index is -0.462. The van der Waals surface area contributed by atoms with Crippen LogP contribution in [-0.2, 0) is 11.3 Å². The average Bonchev–Trinajstić information content (AvgIpc) is 3.18. The summed E-state index contributed by atoms with van der Waals surface area (Å²) in [7, 11) is 0. The number of carbonyl (C=O) groups excluding carboxylic acids is 2. The minimum Gasteiger partial charge on any atom is -0.338 e. The van der Waals surface area contributed by atoms with Crippen LogP contribution in [0.2, 0.25) is 0 Å². The Morgan fingerprint density at radius 3 is 2.85 bits per heavy atom. The molecule has 4 heterocycles. The second-order valence-corrected chi connectivity index (χ2v) is 7.77. The van der Waals surface area contributed by atoms with Gasteiger partial charge in [0.25, 0.3) is 5.91 Å². The predicted molar refractivity (Wildman–Crippen MR) is 101 cm³/mol. The second kappa shape index (κ2) is 6.76. The van der Waals surface area contributed by atoms with E-state index in [1.54, 1.807) is 18.6 Å². The molecule has 0 saturated carbocycles. The van der Waals surface area contributed by atoms with Crippen LogP contribution in [0.15, 0.2) is 42.9 Å². The van der Waals surface area contributed by atoms with Gasteiger partial charge in [-0.2, -0.15) is 0 Å². The van der Waals surface area contributed by atoms with Gasteiger partial charge in [0, 0.05) is 50.5 Å². The van der Waals surface area contributed by atoms with Gasteiger partial charge >= 0.3 is 0 Å². The summed E-state index contributed by atoms with van der Waals surface area (Å²) in [6.45, 7) is 6.40. The highest BCUT2D eigenvalue weighted by molar-refractivity contribution is 5.95. The van der Waals surface area contributed by atoms with Gasteiger partial charge in [0.1, 0.15) is 0 Å². The van der Waals surface area contributed by atoms with E-state index in [0.29, 0.717) is 25.2 Å². The predicted octanol–water partition coefficient (Wildman–Crippen LogP) is 2.30. The molecule has 4 rings (SSSR count). The minimum absolute atomic E-state index is 0.0373. The Morgan fingerprint density at radius 1 is 1.30 bits per heavy atom. The third-order valence-electron chi connectivity index (χ3n) is 5.99. The highest BCUT2D eigenvalue weighted by Crippen LogP contribution is 2.45. The standard InChI is InChI=1S/C21H24N4O2/c1-15-12-25(19(26)18-6-5-16(2)23-11-18)14-21(15)7-9-24(20(21)27)13-17-4-3-8-22-10-17/h3-6,8,10-11,15H,7,9,12-14H2,1-2H3/t15-,21-/m1/s1. The summed E-state index contributed by atoms with van der Waals surface area (Å²) in [5.41, 5.74) is 2.04. The SMILES string of the molecule is Cc1ccc(C(=O)N2C[C@@H](C)[C@@]3(CCN(Cc4cccnc4)C3=O)C2)cn1. The van der Waals surface area contributed by atoms with E-state index in [4.69, 9.17) is 0 Å². The van der Waals surface area contributed by atoms with Crippen molar-refractivity contribution < 1.29 is 9.59 Å². The van der Waals surface area contributed by atoms with Crippen molar-refractivity contribution in [3.63, 3.8) is 0 Å². The highest BCUT2D eigenvalue weighted by Gasteiger charge is 2.55. The van der Waals surface area contributed by atoms with Crippen molar-refractivity contribution in [2.45, 2.75) is 26.8 Å². The zero-order chi connectivity index (χ0) is 19.0. The first-order valence-corrected chi connectivity index (χ1v) is 9.40. The Kier molecular flexibility index (Phi) is 4.42. The summed E-state index contributed by atoms with van der Waals surface area (Å²) in [5.74, 6) is 0.271. The van der Waals surface area contributed by atoms with E-state index < -0.39 is 5.41 Å². The van der Waals surface area contributed by atoms with Crippen LogP contribution in [0.3, 0.4) is 0 Å². The molecule has 2 atom stereocenters. The first kappa shape index (κ1) is 17.6. The molecule has 2 aromatic heterocycles. The number of pyridine rings is 2. The molecule has 140 valence electrons. The lowest BCUT2D eigenvalue weighted by Gasteiger charge is -2.26. The van der Waals surface area contributed by atoms with Gasteiger partial charge in [-0.3, -0.25) is 19.6 Å². The van der Waals surface area contributed by atoms with Crippen LogP contribution in [0.5, 0.6) is 0 Å². The van der Waals surface area contributed by atoms with Crippen molar-refractivity contribution >= 4 is 11.8 Å². The van der Waals surface area contributed by atoms with Crippen LogP contribution in [0.1, 0.15) is 35.0 Å². The molecule has 0 bridgehead atoms. The first-order chi connectivity index (χ1) is 13.0. The largest absolute Gasteiger partial charge is 0.338 e. The van der Waals surface area contributed by atoms with E-state index in [1.807, 2.05) is 41.0 Å². The molecule has 27 heavy (non-hydrogen) atoms. The molecule has 0 aliphatic carbocycles. The molecule has 2 saturated heterocycles. The number of amides is 2. The fourth-order valence-corrected chi connectivity index (χ4v) is 4.32. The average molecular weight is 364 g/mol. The quantitative estimate of drug-likeness (QED) is 0.838. The van der Waals surface area contributed by atoms with Crippen LogP contribution in [-0.4, -0.2) is 51.2 Å². The highest BCUT2D eigenvalue weighted by atomic mass is 16.2. The number of hydrogen-bond acceptors (Lipinski definition) is 4. The Balaban J connectivity index is 1.50. The van der Waals surface area contributed by atoms with Gasteiger partial charge in [0.15, 0.2) is 0 Å². The molecule has 2 amide bonds. The summed E-state index contributed by atoms with van der Waals surface area (Å²) in [6, 6.07) is 7.54. The lowest BCUT2D eigenvalue weighted by Crippen LogP contribution is -2.40. The van der Waals surface area contributed by atoms with Crippen molar-refractivity contribution in [3.8, 4) is 0 Å². The van der Waals surface area contributed by atoms with E-state index in [1.165, 1.54) is 0 Å². The molecule has 6 heteroatoms. The van der Waals surface area contributed by atoms with Gasteiger partial charge in [-0.25, -0.2) is 0 Å². The smallest absolute Gasteiger partial charge is 0.255 e. The summed E-state index contributed by atoms with van der Waals surface area (Å²) >= 11 is 0. The summed E-state index contributed by atoms with van der Waals surface area (Å²) < 4.78 is 0. The van der Waals surface area contributed by atoms with Gasteiger partial charge in [-0.05, 0) is 43.0 Å². The van der Waals surface area contributed by atoms with Gasteiger partial charge in [0.2, 0.25) is 5.91 Å². The molecule has 2 aromatic rings. The maximum Gasteiger partial charge on any atom is 0.255 e. The van der Waals surface area contributed by atoms with Gasteiger partial charge < -0.3 is 9.80 Å². The topological polar surface area (TPSA) is 66.4 Å². The van der Waals surface area contributed by atoms with Crippen LogP contribution in [0, 0.1) is 18.3 Å². The Morgan fingerprint density at radius 2 is 2.15 bits per heavy atom. The Bertz CT molecular complexity index is 852. The zero-order valence-corrected chi connectivity index (χ0v) is 15.8. The molecule has 1 spiro atoms. The zero-order valence-electron chi connectivity index (χ0n) is 15.8. The number of hydrogen-bond donors (Lipinski definition) is 0. The molecule has 6 nitrogen and oxygen atoms in total. The van der Waals surface area contributed by atoms with E-state index in [2.05, 4.69) is 16.9 Å². The van der Waals surface area contributed by atoms with E-state index in [0.717, 1.165) is 24.2 Å². The van der Waals surface area contributed by atoms with Crippen LogP contribution in [0.4, 0.5) is 0 Å². The van der Waals surface area contributed by atoms with Crippen molar-refractivity contribution in [1.82, 2.24) is 19.8 Å². The summed E-state index contributed by atoms with van der Waals surface area (Å²) in [5, 5.41) is 0. The summed E-state index contributed by atoms with van der Waals surface area (Å²) in [4.78, 5) is 38.2. The van der Waals surface area contributed by atoms with Gasteiger partial charge in [-0.15, -0.1) is 0 Å². The molecule has 0 unspecified atom stereocenters. The number of rotatable bonds is 3. The van der Waals surface area contributed by atoms with E-state index in [9.17, 15) is 9.59 Å². The monoisotopic (exact) mass is 364 g/mol. The third kappa shape index (κ3) is 3.09. The number of aromatic nitrogens is 2. The summed E-state index contributed by atoms with van der Waals surface area (Å²) in [6.07, 6.45) is 5.96. The maximum atomic E-state index is 13.2. The Hall–Kier alpha value is -2.76. The lowest BCUT2D eigenvalue weighted by atomic mass is 9.78. The molecule has 0 N–H and O–H groups in total. The molecule has 0 aromatic carbocycles. The van der Waals surface area contributed by atoms with Gasteiger partial charge in [-0.1, -0.05) is 13.0 Å². The number of nitrogens with zero attached hydrogens (tertiary/aromatic N) is 4.